The molecule has 0 aliphatic rings. The number of hydrogen-bond acceptors (Lipinski definition) is 3. The van der Waals surface area contributed by atoms with Crippen molar-refractivity contribution < 1.29 is 4.79 Å². The monoisotopic (exact) mass is 279 g/mol. The van der Waals surface area contributed by atoms with Crippen LogP contribution in [0.1, 0.15) is 40.0 Å². The number of halogens is 1. The van der Waals surface area contributed by atoms with Gasteiger partial charge in [-0.05, 0) is 25.9 Å². The van der Waals surface area contributed by atoms with Crippen molar-refractivity contribution in [2.24, 2.45) is 11.7 Å². The number of unbranched alkanes of at least 4 members (excludes halogenated alkanes) is 1. The van der Waals surface area contributed by atoms with Crippen molar-refractivity contribution in [3.8, 4) is 0 Å². The zero-order valence-electron chi connectivity index (χ0n) is 12.2. The Bertz CT molecular complexity index is 214. The highest BCUT2D eigenvalue weighted by molar-refractivity contribution is 5.85. The second kappa shape index (κ2) is 11.8. The predicted octanol–water partition coefficient (Wildman–Crippen LogP) is 1.63. The number of nitrogens with zero attached hydrogens (tertiary/aromatic N) is 1. The lowest BCUT2D eigenvalue weighted by molar-refractivity contribution is -0.123. The number of carbonyl (C=O) groups excluding carboxylic acids is 1. The molecule has 3 N–H and O–H groups in total. The topological polar surface area (TPSA) is 58.4 Å². The Kier molecular flexibility index (Phi) is 13.1. The Labute approximate surface area is 118 Å². The van der Waals surface area contributed by atoms with Crippen LogP contribution in [0, 0.1) is 5.92 Å². The first-order chi connectivity index (χ1) is 8.02. The first-order valence-corrected chi connectivity index (χ1v) is 6.74. The summed E-state index contributed by atoms with van der Waals surface area (Å²) < 4.78 is 0. The van der Waals surface area contributed by atoms with E-state index in [1.165, 1.54) is 12.8 Å². The molecule has 0 aliphatic carbocycles. The summed E-state index contributed by atoms with van der Waals surface area (Å²) in [7, 11) is 2.08. The lowest BCUT2D eigenvalue weighted by Crippen LogP contribution is -2.46. The van der Waals surface area contributed by atoms with E-state index in [1.54, 1.807) is 0 Å². The quantitative estimate of drug-likeness (QED) is 0.674. The van der Waals surface area contributed by atoms with Gasteiger partial charge in [-0.25, -0.2) is 0 Å². The van der Waals surface area contributed by atoms with Gasteiger partial charge in [-0.1, -0.05) is 33.6 Å². The summed E-state index contributed by atoms with van der Waals surface area (Å²) in [5.74, 6) is 0.219. The van der Waals surface area contributed by atoms with Gasteiger partial charge in [0.15, 0.2) is 0 Å². The van der Waals surface area contributed by atoms with Crippen LogP contribution in [0.2, 0.25) is 0 Å². The molecule has 0 rings (SSSR count). The highest BCUT2D eigenvalue weighted by atomic mass is 35.5. The van der Waals surface area contributed by atoms with Crippen LogP contribution < -0.4 is 11.1 Å². The molecule has 18 heavy (non-hydrogen) atoms. The Morgan fingerprint density at radius 1 is 1.33 bits per heavy atom. The molecule has 0 saturated heterocycles. The molecule has 0 saturated carbocycles. The maximum atomic E-state index is 11.7. The number of amides is 1. The molecule has 0 aliphatic heterocycles. The number of carbonyl (C=O) groups is 1. The van der Waals surface area contributed by atoms with Crippen LogP contribution in [0.4, 0.5) is 0 Å². The minimum atomic E-state index is -0.374. The third kappa shape index (κ3) is 8.72. The van der Waals surface area contributed by atoms with Crippen LogP contribution in [0.5, 0.6) is 0 Å². The minimum absolute atomic E-state index is 0. The molecule has 0 spiro atoms. The third-order valence-electron chi connectivity index (χ3n) is 3.25. The number of likely N-dealkylation sites (N-methyl/N-ethyl adjacent to an activating group) is 1. The lowest BCUT2D eigenvalue weighted by atomic mass is 9.99. The first kappa shape index (κ1) is 20.0. The van der Waals surface area contributed by atoms with Gasteiger partial charge in [0.1, 0.15) is 0 Å². The van der Waals surface area contributed by atoms with E-state index in [2.05, 4.69) is 31.1 Å². The highest BCUT2D eigenvalue weighted by Crippen LogP contribution is 2.04. The summed E-state index contributed by atoms with van der Waals surface area (Å²) in [6.45, 7) is 8.90. The second-order valence-corrected chi connectivity index (χ2v) is 4.86. The number of hydrogen-bond donors (Lipinski definition) is 2. The van der Waals surface area contributed by atoms with Crippen LogP contribution in [0.3, 0.4) is 0 Å². The van der Waals surface area contributed by atoms with Gasteiger partial charge in [0.05, 0.1) is 6.04 Å². The van der Waals surface area contributed by atoms with Crippen molar-refractivity contribution in [3.05, 3.63) is 0 Å². The zero-order valence-corrected chi connectivity index (χ0v) is 13.1. The molecule has 0 bridgehead atoms. The van der Waals surface area contributed by atoms with Crippen molar-refractivity contribution in [3.63, 3.8) is 0 Å². The minimum Gasteiger partial charge on any atom is -0.353 e. The van der Waals surface area contributed by atoms with Crippen LogP contribution in [-0.2, 0) is 4.79 Å². The summed E-state index contributed by atoms with van der Waals surface area (Å²) in [5.41, 5.74) is 5.84. The molecule has 0 fully saturated rings. The molecular formula is C13H30ClN3O. The highest BCUT2D eigenvalue weighted by Gasteiger charge is 2.18. The van der Waals surface area contributed by atoms with E-state index >= 15 is 0 Å². The number of rotatable bonds is 9. The Balaban J connectivity index is 0. The maximum Gasteiger partial charge on any atom is 0.237 e. The van der Waals surface area contributed by atoms with Crippen molar-refractivity contribution in [1.82, 2.24) is 10.2 Å². The van der Waals surface area contributed by atoms with Crippen LogP contribution in [0.25, 0.3) is 0 Å². The van der Waals surface area contributed by atoms with E-state index in [-0.39, 0.29) is 30.3 Å². The van der Waals surface area contributed by atoms with E-state index in [0.717, 1.165) is 19.5 Å². The molecule has 2 atom stereocenters. The largest absolute Gasteiger partial charge is 0.353 e. The average molecular weight is 280 g/mol. The summed E-state index contributed by atoms with van der Waals surface area (Å²) in [6.07, 6.45) is 3.34. The fourth-order valence-electron chi connectivity index (χ4n) is 1.54. The molecular weight excluding hydrogens is 250 g/mol. The summed E-state index contributed by atoms with van der Waals surface area (Å²) in [4.78, 5) is 13.9. The summed E-state index contributed by atoms with van der Waals surface area (Å²) in [5, 5.41) is 2.90. The van der Waals surface area contributed by atoms with Crippen molar-refractivity contribution in [2.45, 2.75) is 46.1 Å². The Morgan fingerprint density at radius 3 is 2.44 bits per heavy atom. The SMILES string of the molecule is CCCCN(C)CCNC(=O)C(N)C(C)CC.Cl. The van der Waals surface area contributed by atoms with Crippen LogP contribution in [0.15, 0.2) is 0 Å². The standard InChI is InChI=1S/C13H29N3O.ClH/c1-5-7-9-16(4)10-8-15-13(17)12(14)11(3)6-2;/h11-12H,5-10,14H2,1-4H3,(H,15,17);1H. The fraction of sp³-hybridized carbons (Fsp3) is 0.923. The van der Waals surface area contributed by atoms with Gasteiger partial charge in [0, 0.05) is 13.1 Å². The molecule has 4 nitrogen and oxygen atoms in total. The molecule has 5 heteroatoms. The van der Waals surface area contributed by atoms with Gasteiger partial charge in [-0.3, -0.25) is 4.79 Å². The summed E-state index contributed by atoms with van der Waals surface area (Å²) in [6, 6.07) is -0.374. The van der Waals surface area contributed by atoms with Crippen LogP contribution in [-0.4, -0.2) is 43.5 Å². The second-order valence-electron chi connectivity index (χ2n) is 4.86. The molecule has 0 aromatic rings. The van der Waals surface area contributed by atoms with Crippen molar-refractivity contribution in [1.29, 1.82) is 0 Å². The number of nitrogens with two attached hydrogens (primary N) is 1. The van der Waals surface area contributed by atoms with E-state index in [4.69, 9.17) is 5.73 Å². The fourth-order valence-corrected chi connectivity index (χ4v) is 1.54. The zero-order chi connectivity index (χ0) is 13.3. The molecule has 0 radical (unpaired) electrons. The van der Waals surface area contributed by atoms with E-state index in [9.17, 15) is 4.79 Å². The normalized spacial score (nSPS) is 13.9. The van der Waals surface area contributed by atoms with Gasteiger partial charge in [0.25, 0.3) is 0 Å². The van der Waals surface area contributed by atoms with Gasteiger partial charge in [-0.15, -0.1) is 12.4 Å². The van der Waals surface area contributed by atoms with Gasteiger partial charge in [-0.2, -0.15) is 0 Å². The van der Waals surface area contributed by atoms with Crippen molar-refractivity contribution >= 4 is 18.3 Å². The molecule has 110 valence electrons. The average Bonchev–Trinajstić information content (AvgIpc) is 2.34. The number of nitrogens with one attached hydrogen (secondary N) is 1. The first-order valence-electron chi connectivity index (χ1n) is 6.74. The smallest absolute Gasteiger partial charge is 0.237 e. The Morgan fingerprint density at radius 2 is 1.94 bits per heavy atom. The van der Waals surface area contributed by atoms with E-state index < -0.39 is 0 Å². The third-order valence-corrected chi connectivity index (χ3v) is 3.25. The van der Waals surface area contributed by atoms with Crippen molar-refractivity contribution in [2.75, 3.05) is 26.7 Å². The maximum absolute atomic E-state index is 11.7. The Hall–Kier alpha value is -0.320. The molecule has 0 aromatic heterocycles. The van der Waals surface area contributed by atoms with Crippen LogP contribution >= 0.6 is 12.4 Å². The lowest BCUT2D eigenvalue weighted by Gasteiger charge is -2.20. The molecule has 0 heterocycles. The molecule has 1 amide bonds. The molecule has 0 aromatic carbocycles. The predicted molar refractivity (Wildman–Crippen MR) is 80.1 cm³/mol. The van der Waals surface area contributed by atoms with E-state index in [0.29, 0.717) is 6.54 Å². The van der Waals surface area contributed by atoms with Gasteiger partial charge >= 0.3 is 0 Å². The summed E-state index contributed by atoms with van der Waals surface area (Å²) >= 11 is 0. The van der Waals surface area contributed by atoms with Gasteiger partial charge in [0.2, 0.25) is 5.91 Å². The molecule has 2 unspecified atom stereocenters. The van der Waals surface area contributed by atoms with Gasteiger partial charge < -0.3 is 16.0 Å². The van der Waals surface area contributed by atoms with E-state index in [1.807, 2.05) is 6.92 Å².